The van der Waals surface area contributed by atoms with Crippen LogP contribution >= 0.6 is 0 Å². The molecular formula is C17H16N2O2. The van der Waals surface area contributed by atoms with Crippen LogP contribution in [0, 0.1) is 0 Å². The third kappa shape index (κ3) is 2.60. The lowest BCUT2D eigenvalue weighted by molar-refractivity contribution is 0.371. The van der Waals surface area contributed by atoms with Crippen molar-refractivity contribution in [1.29, 1.82) is 0 Å². The summed E-state index contributed by atoms with van der Waals surface area (Å²) in [5, 5.41) is 15.6. The van der Waals surface area contributed by atoms with Crippen LogP contribution in [0.25, 0.3) is 10.8 Å². The summed E-state index contributed by atoms with van der Waals surface area (Å²) in [6, 6.07) is 13.5. The van der Waals surface area contributed by atoms with Gasteiger partial charge in [-0.25, -0.2) is 0 Å². The Kier molecular flexibility index (Phi) is 3.60. The molecule has 3 rings (SSSR count). The minimum Gasteiger partial charge on any atom is -0.504 e. The fourth-order valence-corrected chi connectivity index (χ4v) is 2.33. The Balaban J connectivity index is 1.87. The summed E-state index contributed by atoms with van der Waals surface area (Å²) < 4.78 is 5.12. The maximum absolute atomic E-state index is 10.1. The third-order valence-electron chi connectivity index (χ3n) is 3.46. The van der Waals surface area contributed by atoms with Gasteiger partial charge in [0.1, 0.15) is 0 Å². The van der Waals surface area contributed by atoms with E-state index in [0.29, 0.717) is 12.3 Å². The van der Waals surface area contributed by atoms with E-state index in [2.05, 4.69) is 10.3 Å². The molecule has 0 amide bonds. The summed E-state index contributed by atoms with van der Waals surface area (Å²) in [5.74, 6) is 0.653. The molecule has 0 unspecified atom stereocenters. The van der Waals surface area contributed by atoms with E-state index < -0.39 is 0 Å². The Morgan fingerprint density at radius 2 is 2.00 bits per heavy atom. The Bertz CT molecular complexity index is 766. The van der Waals surface area contributed by atoms with Crippen LogP contribution in [0.5, 0.6) is 11.5 Å². The van der Waals surface area contributed by atoms with Gasteiger partial charge in [0.05, 0.1) is 7.11 Å². The van der Waals surface area contributed by atoms with Gasteiger partial charge < -0.3 is 15.2 Å². The summed E-state index contributed by atoms with van der Waals surface area (Å²) in [7, 11) is 1.54. The Morgan fingerprint density at radius 3 is 2.86 bits per heavy atom. The second kappa shape index (κ2) is 5.71. The molecule has 0 atom stereocenters. The first-order valence-corrected chi connectivity index (χ1v) is 6.71. The molecule has 0 aliphatic heterocycles. The monoisotopic (exact) mass is 280 g/mol. The van der Waals surface area contributed by atoms with Gasteiger partial charge in [-0.05, 0) is 23.6 Å². The van der Waals surface area contributed by atoms with Gasteiger partial charge in [0.25, 0.3) is 0 Å². The molecule has 0 bridgehead atoms. The number of phenolic OH excluding ortho intramolecular Hbond substituents is 1. The average Bonchev–Trinajstić information content (AvgIpc) is 2.54. The molecule has 0 saturated carbocycles. The zero-order valence-corrected chi connectivity index (χ0v) is 11.7. The first-order chi connectivity index (χ1) is 10.3. The van der Waals surface area contributed by atoms with E-state index in [-0.39, 0.29) is 5.75 Å². The molecule has 4 heteroatoms. The molecule has 2 aromatic carbocycles. The maximum atomic E-state index is 10.1. The number of rotatable bonds is 4. The number of pyridine rings is 1. The number of hydrogen-bond acceptors (Lipinski definition) is 4. The van der Waals surface area contributed by atoms with Crippen LogP contribution in [0.1, 0.15) is 5.56 Å². The van der Waals surface area contributed by atoms with Gasteiger partial charge in [0.15, 0.2) is 11.5 Å². The van der Waals surface area contributed by atoms with E-state index >= 15 is 0 Å². The van der Waals surface area contributed by atoms with E-state index in [1.807, 2.05) is 42.6 Å². The molecular weight excluding hydrogens is 264 g/mol. The van der Waals surface area contributed by atoms with Crippen LogP contribution in [-0.2, 0) is 6.54 Å². The van der Waals surface area contributed by atoms with E-state index in [1.165, 1.54) is 0 Å². The van der Waals surface area contributed by atoms with Crippen molar-refractivity contribution in [2.45, 2.75) is 6.54 Å². The fourth-order valence-electron chi connectivity index (χ4n) is 2.33. The quantitative estimate of drug-likeness (QED) is 0.767. The Morgan fingerprint density at radius 1 is 1.14 bits per heavy atom. The second-order valence-corrected chi connectivity index (χ2v) is 4.72. The zero-order chi connectivity index (χ0) is 14.7. The van der Waals surface area contributed by atoms with Crippen LogP contribution in [0.2, 0.25) is 0 Å². The molecule has 0 saturated heterocycles. The minimum atomic E-state index is 0.172. The SMILES string of the molecule is COc1cccc(CNc2cccc3ccncc23)c1O. The number of fused-ring (bicyclic) bond motifs is 1. The van der Waals surface area contributed by atoms with Crippen molar-refractivity contribution in [3.63, 3.8) is 0 Å². The van der Waals surface area contributed by atoms with Crippen LogP contribution < -0.4 is 10.1 Å². The standard InChI is InChI=1S/C17H16N2O2/c1-21-16-7-3-5-13(17(16)20)10-19-15-6-2-4-12-8-9-18-11-14(12)15/h2-9,11,19-20H,10H2,1H3. The predicted molar refractivity (Wildman–Crippen MR) is 83.7 cm³/mol. The normalized spacial score (nSPS) is 10.5. The first kappa shape index (κ1) is 13.2. The predicted octanol–water partition coefficient (Wildman–Crippen LogP) is 3.56. The number of hydrogen-bond donors (Lipinski definition) is 2. The number of methoxy groups -OCH3 is 1. The van der Waals surface area contributed by atoms with E-state index in [0.717, 1.165) is 22.0 Å². The van der Waals surface area contributed by atoms with Gasteiger partial charge in [-0.3, -0.25) is 4.98 Å². The maximum Gasteiger partial charge on any atom is 0.162 e. The van der Waals surface area contributed by atoms with E-state index in [4.69, 9.17) is 4.74 Å². The molecule has 0 radical (unpaired) electrons. The number of aromatic hydroxyl groups is 1. The molecule has 1 heterocycles. The van der Waals surface area contributed by atoms with Crippen molar-refractivity contribution in [2.75, 3.05) is 12.4 Å². The minimum absolute atomic E-state index is 0.172. The van der Waals surface area contributed by atoms with Crippen molar-refractivity contribution in [3.8, 4) is 11.5 Å². The van der Waals surface area contributed by atoms with Gasteiger partial charge >= 0.3 is 0 Å². The van der Waals surface area contributed by atoms with Gasteiger partial charge in [0.2, 0.25) is 0 Å². The first-order valence-electron chi connectivity index (χ1n) is 6.71. The van der Waals surface area contributed by atoms with E-state index in [9.17, 15) is 5.11 Å². The Labute approximate surface area is 123 Å². The third-order valence-corrected chi connectivity index (χ3v) is 3.46. The smallest absolute Gasteiger partial charge is 0.162 e. The molecule has 1 aromatic heterocycles. The van der Waals surface area contributed by atoms with Gasteiger partial charge in [-0.1, -0.05) is 24.3 Å². The summed E-state index contributed by atoms with van der Waals surface area (Å²) in [4.78, 5) is 4.16. The average molecular weight is 280 g/mol. The number of nitrogens with zero attached hydrogens (tertiary/aromatic N) is 1. The lowest BCUT2D eigenvalue weighted by atomic mass is 10.1. The second-order valence-electron chi connectivity index (χ2n) is 4.72. The van der Waals surface area contributed by atoms with Gasteiger partial charge in [0, 0.05) is 35.6 Å². The highest BCUT2D eigenvalue weighted by molar-refractivity contribution is 5.93. The number of phenols is 1. The van der Waals surface area contributed by atoms with Gasteiger partial charge in [-0.15, -0.1) is 0 Å². The highest BCUT2D eigenvalue weighted by Gasteiger charge is 2.07. The summed E-state index contributed by atoms with van der Waals surface area (Å²) in [6.45, 7) is 0.511. The van der Waals surface area contributed by atoms with Crippen molar-refractivity contribution in [1.82, 2.24) is 4.98 Å². The van der Waals surface area contributed by atoms with Crippen molar-refractivity contribution < 1.29 is 9.84 Å². The fraction of sp³-hybridized carbons (Fsp3) is 0.118. The molecule has 106 valence electrons. The molecule has 21 heavy (non-hydrogen) atoms. The van der Waals surface area contributed by atoms with Crippen LogP contribution in [-0.4, -0.2) is 17.2 Å². The number of anilines is 1. The number of ether oxygens (including phenoxy) is 1. The van der Waals surface area contributed by atoms with E-state index in [1.54, 1.807) is 19.4 Å². The number of aromatic nitrogens is 1. The van der Waals surface area contributed by atoms with Crippen LogP contribution in [0.3, 0.4) is 0 Å². The van der Waals surface area contributed by atoms with Crippen molar-refractivity contribution in [2.24, 2.45) is 0 Å². The molecule has 3 aromatic rings. The largest absolute Gasteiger partial charge is 0.504 e. The van der Waals surface area contributed by atoms with Crippen LogP contribution in [0.4, 0.5) is 5.69 Å². The highest BCUT2D eigenvalue weighted by Crippen LogP contribution is 2.30. The topological polar surface area (TPSA) is 54.4 Å². The molecule has 0 spiro atoms. The number of nitrogens with one attached hydrogen (secondary N) is 1. The molecule has 0 fully saturated rings. The summed E-state index contributed by atoms with van der Waals surface area (Å²) >= 11 is 0. The molecule has 4 nitrogen and oxygen atoms in total. The summed E-state index contributed by atoms with van der Waals surface area (Å²) in [5.41, 5.74) is 1.78. The van der Waals surface area contributed by atoms with Gasteiger partial charge in [-0.2, -0.15) is 0 Å². The number of para-hydroxylation sites is 1. The van der Waals surface area contributed by atoms with Crippen molar-refractivity contribution >= 4 is 16.5 Å². The zero-order valence-electron chi connectivity index (χ0n) is 11.7. The molecule has 0 aliphatic rings. The molecule has 0 aliphatic carbocycles. The number of benzene rings is 2. The molecule has 2 N–H and O–H groups in total. The van der Waals surface area contributed by atoms with Crippen LogP contribution in [0.15, 0.2) is 54.9 Å². The van der Waals surface area contributed by atoms with Crippen molar-refractivity contribution in [3.05, 3.63) is 60.4 Å². The highest BCUT2D eigenvalue weighted by atomic mass is 16.5. The lowest BCUT2D eigenvalue weighted by Gasteiger charge is -2.12. The Hall–Kier alpha value is -2.75. The lowest BCUT2D eigenvalue weighted by Crippen LogP contribution is -2.01. The summed E-state index contributed by atoms with van der Waals surface area (Å²) in [6.07, 6.45) is 3.61.